The average Bonchev–Trinajstić information content (AvgIpc) is 2.85. The minimum Gasteiger partial charge on any atom is -0.615 e. The van der Waals surface area contributed by atoms with Gasteiger partial charge in [-0.25, -0.2) is 0 Å². The summed E-state index contributed by atoms with van der Waals surface area (Å²) in [6.07, 6.45) is 8.65. The second-order valence-electron chi connectivity index (χ2n) is 16.2. The summed E-state index contributed by atoms with van der Waals surface area (Å²) in [4.78, 5) is 10.4. The molecule has 1 radical (unpaired) electrons. The summed E-state index contributed by atoms with van der Waals surface area (Å²) in [6.45, 7) is 27.2. The summed E-state index contributed by atoms with van der Waals surface area (Å²) < 4.78 is 13.4. The van der Waals surface area contributed by atoms with Crippen LogP contribution in [0.25, 0.3) is 0 Å². The Labute approximate surface area is 256 Å². The molecule has 4 nitrogen and oxygen atoms in total. The zero-order valence-corrected chi connectivity index (χ0v) is 28.9. The number of hydrogen-bond acceptors (Lipinski definition) is 4. The molecular formula is C36H52AlN2O2. The van der Waals surface area contributed by atoms with Crippen molar-refractivity contribution in [2.45, 2.75) is 143 Å². The van der Waals surface area contributed by atoms with Crippen molar-refractivity contribution in [2.24, 2.45) is 9.98 Å². The highest BCUT2D eigenvalue weighted by molar-refractivity contribution is 6.21. The Bertz CT molecular complexity index is 1210. The maximum Gasteiger partial charge on any atom is 0.881 e. The molecule has 2 atom stereocenters. The molecule has 5 heteroatoms. The lowest BCUT2D eigenvalue weighted by Crippen LogP contribution is -2.27. The largest absolute Gasteiger partial charge is 0.881 e. The van der Waals surface area contributed by atoms with E-state index in [1.54, 1.807) is 0 Å². The van der Waals surface area contributed by atoms with E-state index in [0.29, 0.717) is 0 Å². The third kappa shape index (κ3) is 7.47. The minimum atomic E-state index is -0.818. The first-order valence-electron chi connectivity index (χ1n) is 15.4. The molecular weight excluding hydrogens is 519 g/mol. The van der Waals surface area contributed by atoms with Crippen molar-refractivity contribution >= 4 is 28.3 Å². The predicted molar refractivity (Wildman–Crippen MR) is 176 cm³/mol. The van der Waals surface area contributed by atoms with Crippen LogP contribution in [-0.4, -0.2) is 40.4 Å². The van der Waals surface area contributed by atoms with Gasteiger partial charge in [-0.05, 0) is 68.9 Å². The Morgan fingerprint density at radius 1 is 0.561 bits per heavy atom. The molecule has 4 rings (SSSR count). The van der Waals surface area contributed by atoms with Gasteiger partial charge in [-0.15, -0.1) is 0 Å². The van der Waals surface area contributed by atoms with Crippen molar-refractivity contribution in [2.75, 3.05) is 0 Å². The van der Waals surface area contributed by atoms with E-state index in [0.717, 1.165) is 35.5 Å². The van der Waals surface area contributed by atoms with Gasteiger partial charge in [-0.2, -0.15) is 0 Å². The maximum atomic E-state index is 6.71. The van der Waals surface area contributed by atoms with Crippen LogP contribution in [0.1, 0.15) is 142 Å². The van der Waals surface area contributed by atoms with E-state index < -0.39 is 15.9 Å². The van der Waals surface area contributed by atoms with Crippen molar-refractivity contribution in [1.82, 2.24) is 0 Å². The Morgan fingerprint density at radius 3 is 1.24 bits per heavy atom. The van der Waals surface area contributed by atoms with Crippen LogP contribution in [0.5, 0.6) is 11.5 Å². The summed E-state index contributed by atoms with van der Waals surface area (Å²) in [5.74, 6) is 1.81. The fourth-order valence-corrected chi connectivity index (χ4v) is 6.42. The quantitative estimate of drug-likeness (QED) is 0.296. The van der Waals surface area contributed by atoms with Gasteiger partial charge in [0.2, 0.25) is 0 Å². The van der Waals surface area contributed by atoms with Crippen molar-refractivity contribution < 1.29 is 7.58 Å². The molecule has 0 N–H and O–H groups in total. The molecule has 1 saturated carbocycles. The first-order valence-corrected chi connectivity index (χ1v) is 16.4. The summed E-state index contributed by atoms with van der Waals surface area (Å²) >= 11 is -0.818. The van der Waals surface area contributed by atoms with Gasteiger partial charge in [-0.1, -0.05) is 108 Å². The van der Waals surface area contributed by atoms with Gasteiger partial charge in [0.1, 0.15) is 0 Å². The number of fused-ring (bicyclic) bond motifs is 3. The SMILES string of the molecule is CC(C)(C)c1cc2c(c(C(C)(C)C)c1)[O][Al][O]c1c(cc(C(C)(C)C)cc1C(C)(C)C)C=N[C@H]1CCCC[C@@H]1N=C2. The van der Waals surface area contributed by atoms with E-state index in [1.165, 1.54) is 35.1 Å². The van der Waals surface area contributed by atoms with Crippen LogP contribution in [-0.2, 0) is 21.7 Å². The van der Waals surface area contributed by atoms with Gasteiger partial charge in [0.05, 0.1) is 23.6 Å². The van der Waals surface area contributed by atoms with Gasteiger partial charge >= 0.3 is 15.9 Å². The lowest BCUT2D eigenvalue weighted by atomic mass is 9.79. The van der Waals surface area contributed by atoms with Crippen LogP contribution in [0.2, 0.25) is 0 Å². The molecule has 1 fully saturated rings. The van der Waals surface area contributed by atoms with E-state index in [-0.39, 0.29) is 33.7 Å². The first-order chi connectivity index (χ1) is 18.9. The number of aliphatic imine (C=N–C) groups is 2. The summed E-state index contributed by atoms with van der Waals surface area (Å²) in [5, 5.41) is 0. The molecule has 0 bridgehead atoms. The third-order valence-corrected chi connectivity index (χ3v) is 9.08. The van der Waals surface area contributed by atoms with Gasteiger partial charge in [0.15, 0.2) is 0 Å². The molecule has 2 aromatic rings. The Balaban J connectivity index is 1.95. The molecule has 1 aliphatic carbocycles. The van der Waals surface area contributed by atoms with Crippen molar-refractivity contribution in [3.8, 4) is 11.5 Å². The van der Waals surface area contributed by atoms with E-state index in [1.807, 2.05) is 0 Å². The Morgan fingerprint density at radius 2 is 0.927 bits per heavy atom. The van der Waals surface area contributed by atoms with Crippen LogP contribution < -0.4 is 7.58 Å². The monoisotopic (exact) mass is 571 g/mol. The highest BCUT2D eigenvalue weighted by Crippen LogP contribution is 2.40. The average molecular weight is 572 g/mol. The van der Waals surface area contributed by atoms with Crippen molar-refractivity contribution in [1.29, 1.82) is 0 Å². The van der Waals surface area contributed by atoms with Gasteiger partial charge < -0.3 is 7.58 Å². The summed E-state index contributed by atoms with van der Waals surface area (Å²) in [7, 11) is 0. The normalized spacial score (nSPS) is 20.2. The molecule has 221 valence electrons. The van der Waals surface area contributed by atoms with Crippen LogP contribution in [0.15, 0.2) is 34.3 Å². The zero-order chi connectivity index (χ0) is 30.4. The molecule has 1 heterocycles. The van der Waals surface area contributed by atoms with Gasteiger partial charge in [-0.3, -0.25) is 9.98 Å². The lowest BCUT2D eigenvalue weighted by molar-refractivity contribution is 0.390. The zero-order valence-electron chi connectivity index (χ0n) is 27.7. The fraction of sp³-hybridized carbons (Fsp3) is 0.611. The smallest absolute Gasteiger partial charge is 0.615 e. The second-order valence-corrected chi connectivity index (χ2v) is 16.9. The molecule has 2 aromatic carbocycles. The molecule has 0 aromatic heterocycles. The van der Waals surface area contributed by atoms with Gasteiger partial charge in [0.25, 0.3) is 0 Å². The Kier molecular flexibility index (Phi) is 8.96. The first kappa shape index (κ1) is 31.8. The summed E-state index contributed by atoms with van der Waals surface area (Å²) in [6, 6.07) is 9.54. The summed E-state index contributed by atoms with van der Waals surface area (Å²) in [5.41, 5.74) is 6.91. The molecule has 0 unspecified atom stereocenters. The fourth-order valence-electron chi connectivity index (χ4n) is 5.65. The number of benzene rings is 2. The number of hydrogen-bond donors (Lipinski definition) is 0. The van der Waals surface area contributed by atoms with E-state index in [4.69, 9.17) is 17.6 Å². The van der Waals surface area contributed by atoms with Crippen molar-refractivity contribution in [3.63, 3.8) is 0 Å². The third-order valence-electron chi connectivity index (χ3n) is 8.42. The van der Waals surface area contributed by atoms with Crippen LogP contribution in [0.3, 0.4) is 0 Å². The number of rotatable bonds is 0. The molecule has 0 spiro atoms. The molecule has 41 heavy (non-hydrogen) atoms. The van der Waals surface area contributed by atoms with E-state index in [9.17, 15) is 0 Å². The van der Waals surface area contributed by atoms with Crippen LogP contribution >= 0.6 is 0 Å². The maximum absolute atomic E-state index is 6.71. The highest BCUT2D eigenvalue weighted by atomic mass is 27.2. The standard InChI is InChI=1S/C36H54N2O2.Al/c1-33(2,3)25-17-23(31(39)27(19-25)35(7,8)9)21-37-29-15-13-14-16-30(29)38-22-24-18-26(34(4,5)6)20-28(32(24)40)36(10,11)12;/h17-22,29-30,39-40H,13-16H2,1-12H3;/q;+2/p-2/t29-,30-;/m0./s1. The van der Waals surface area contributed by atoms with Crippen molar-refractivity contribution in [3.05, 3.63) is 57.6 Å². The van der Waals surface area contributed by atoms with E-state index >= 15 is 0 Å². The molecule has 1 aliphatic heterocycles. The van der Waals surface area contributed by atoms with Crippen LogP contribution in [0, 0.1) is 0 Å². The van der Waals surface area contributed by atoms with Gasteiger partial charge in [0, 0.05) is 23.6 Å². The number of nitrogens with zero attached hydrogens (tertiary/aromatic N) is 2. The highest BCUT2D eigenvalue weighted by Gasteiger charge is 2.30. The molecule has 0 amide bonds. The second kappa shape index (κ2) is 11.5. The Hall–Kier alpha value is -2.09. The minimum absolute atomic E-state index is 0.0103. The molecule has 0 saturated heterocycles. The topological polar surface area (TPSA) is 43.2 Å². The predicted octanol–water partition coefficient (Wildman–Crippen LogP) is 9.03. The van der Waals surface area contributed by atoms with Crippen LogP contribution in [0.4, 0.5) is 0 Å². The molecule has 2 aliphatic rings. The lowest BCUT2D eigenvalue weighted by Gasteiger charge is -2.30. The van der Waals surface area contributed by atoms with E-state index in [2.05, 4.69) is 120 Å².